The van der Waals surface area contributed by atoms with E-state index >= 15 is 0 Å². The number of nitrogens with zero attached hydrogens (tertiary/aromatic N) is 3. The van der Waals surface area contributed by atoms with Crippen LogP contribution in [-0.4, -0.2) is 22.2 Å². The highest BCUT2D eigenvalue weighted by Crippen LogP contribution is 2.27. The molecule has 1 N–H and O–H groups in total. The summed E-state index contributed by atoms with van der Waals surface area (Å²) in [5, 5.41) is 12.3. The largest absolute Gasteiger partial charge is 0.419 e. The van der Waals surface area contributed by atoms with Crippen molar-refractivity contribution in [3.05, 3.63) is 42.4 Å². The van der Waals surface area contributed by atoms with Crippen molar-refractivity contribution in [1.29, 1.82) is 0 Å². The third kappa shape index (κ3) is 2.08. The van der Waals surface area contributed by atoms with E-state index in [0.29, 0.717) is 11.8 Å². The maximum absolute atomic E-state index is 5.72. The molecule has 0 fully saturated rings. The van der Waals surface area contributed by atoms with E-state index < -0.39 is 0 Å². The van der Waals surface area contributed by atoms with Crippen LogP contribution in [0.3, 0.4) is 0 Å². The van der Waals surface area contributed by atoms with Crippen molar-refractivity contribution in [2.45, 2.75) is 13.0 Å². The minimum atomic E-state index is 0.0364. The smallest absolute Gasteiger partial charge is 0.248 e. The Hall–Kier alpha value is -2.27. The fraction of sp³-hybridized carbons (Fsp3) is 0.214. The van der Waals surface area contributed by atoms with Crippen LogP contribution in [0.15, 0.2) is 40.9 Å². The van der Waals surface area contributed by atoms with Crippen LogP contribution in [0.25, 0.3) is 22.4 Å². The third-order valence-electron chi connectivity index (χ3n) is 3.12. The lowest BCUT2D eigenvalue weighted by Crippen LogP contribution is -2.12. The summed E-state index contributed by atoms with van der Waals surface area (Å²) in [5.74, 6) is 1.11. The Labute approximate surface area is 110 Å². The fourth-order valence-corrected chi connectivity index (χ4v) is 1.92. The highest BCUT2D eigenvalue weighted by atomic mass is 16.4. The molecule has 5 heteroatoms. The average molecular weight is 254 g/mol. The van der Waals surface area contributed by atoms with Gasteiger partial charge in [-0.25, -0.2) is 0 Å². The van der Waals surface area contributed by atoms with E-state index in [2.05, 4.69) is 20.5 Å². The van der Waals surface area contributed by atoms with E-state index in [1.54, 1.807) is 6.20 Å². The van der Waals surface area contributed by atoms with Gasteiger partial charge in [0.15, 0.2) is 0 Å². The molecule has 0 aliphatic rings. The first-order valence-corrected chi connectivity index (χ1v) is 6.14. The van der Waals surface area contributed by atoms with Crippen molar-refractivity contribution >= 4 is 10.9 Å². The van der Waals surface area contributed by atoms with Crippen LogP contribution in [0.5, 0.6) is 0 Å². The number of hydrogen-bond donors (Lipinski definition) is 1. The molecule has 0 aliphatic heterocycles. The summed E-state index contributed by atoms with van der Waals surface area (Å²) in [6.45, 7) is 1.97. The summed E-state index contributed by atoms with van der Waals surface area (Å²) in [5.41, 5.74) is 1.83. The van der Waals surface area contributed by atoms with Crippen LogP contribution < -0.4 is 5.32 Å². The van der Waals surface area contributed by atoms with Crippen molar-refractivity contribution in [2.75, 3.05) is 7.05 Å². The lowest BCUT2D eigenvalue weighted by Gasteiger charge is -2.03. The molecule has 5 nitrogen and oxygen atoms in total. The molecule has 3 aromatic rings. The zero-order chi connectivity index (χ0) is 13.2. The lowest BCUT2D eigenvalue weighted by molar-refractivity contribution is 0.441. The molecule has 2 heterocycles. The zero-order valence-electron chi connectivity index (χ0n) is 10.8. The number of rotatable bonds is 3. The van der Waals surface area contributed by atoms with Crippen molar-refractivity contribution in [3.8, 4) is 11.5 Å². The van der Waals surface area contributed by atoms with E-state index in [9.17, 15) is 0 Å². The second kappa shape index (κ2) is 4.78. The van der Waals surface area contributed by atoms with Gasteiger partial charge in [-0.3, -0.25) is 4.98 Å². The third-order valence-corrected chi connectivity index (χ3v) is 3.12. The molecule has 0 amide bonds. The van der Waals surface area contributed by atoms with Crippen LogP contribution >= 0.6 is 0 Å². The van der Waals surface area contributed by atoms with E-state index in [-0.39, 0.29) is 6.04 Å². The fourth-order valence-electron chi connectivity index (χ4n) is 1.92. The Balaban J connectivity index is 2.12. The molecule has 1 unspecified atom stereocenters. The minimum absolute atomic E-state index is 0.0364. The molecule has 0 bridgehead atoms. The van der Waals surface area contributed by atoms with Gasteiger partial charge in [0, 0.05) is 17.1 Å². The Bertz CT molecular complexity index is 702. The lowest BCUT2D eigenvalue weighted by atomic mass is 10.1. The first-order valence-electron chi connectivity index (χ1n) is 6.14. The van der Waals surface area contributed by atoms with Crippen molar-refractivity contribution in [1.82, 2.24) is 20.5 Å². The Kier molecular flexibility index (Phi) is 2.97. The minimum Gasteiger partial charge on any atom is -0.419 e. The number of para-hydroxylation sites is 1. The zero-order valence-corrected chi connectivity index (χ0v) is 10.8. The SMILES string of the molecule is CNC(C)c1nnc(-c2ccnc3ccccc23)o1. The highest BCUT2D eigenvalue weighted by molar-refractivity contribution is 5.91. The van der Waals surface area contributed by atoms with Crippen LogP contribution in [-0.2, 0) is 0 Å². The Morgan fingerprint density at radius 2 is 2.00 bits per heavy atom. The van der Waals surface area contributed by atoms with Crippen molar-refractivity contribution in [3.63, 3.8) is 0 Å². The first kappa shape index (κ1) is 11.8. The van der Waals surface area contributed by atoms with Gasteiger partial charge in [-0.2, -0.15) is 0 Å². The van der Waals surface area contributed by atoms with Gasteiger partial charge in [0.2, 0.25) is 11.8 Å². The summed E-state index contributed by atoms with van der Waals surface area (Å²) in [4.78, 5) is 4.32. The van der Waals surface area contributed by atoms with Crippen molar-refractivity contribution < 1.29 is 4.42 Å². The topological polar surface area (TPSA) is 63.8 Å². The van der Waals surface area contributed by atoms with Gasteiger partial charge in [0.05, 0.1) is 11.6 Å². The first-order chi connectivity index (χ1) is 9.29. The second-order valence-corrected chi connectivity index (χ2v) is 4.33. The number of fused-ring (bicyclic) bond motifs is 1. The van der Waals surface area contributed by atoms with Gasteiger partial charge in [0.1, 0.15) is 0 Å². The monoisotopic (exact) mass is 254 g/mol. The molecular formula is C14H14N4O. The molecule has 2 aromatic heterocycles. The second-order valence-electron chi connectivity index (χ2n) is 4.33. The number of aromatic nitrogens is 3. The van der Waals surface area contributed by atoms with Gasteiger partial charge < -0.3 is 9.73 Å². The van der Waals surface area contributed by atoms with Gasteiger partial charge in [-0.05, 0) is 26.1 Å². The molecule has 1 aromatic carbocycles. The van der Waals surface area contributed by atoms with Crippen LogP contribution in [0.4, 0.5) is 0 Å². The van der Waals surface area contributed by atoms with Crippen LogP contribution in [0.1, 0.15) is 18.9 Å². The predicted molar refractivity (Wildman–Crippen MR) is 72.5 cm³/mol. The summed E-state index contributed by atoms with van der Waals surface area (Å²) >= 11 is 0. The number of benzene rings is 1. The van der Waals surface area contributed by atoms with E-state index in [4.69, 9.17) is 4.42 Å². The number of pyridine rings is 1. The van der Waals surface area contributed by atoms with Gasteiger partial charge >= 0.3 is 0 Å². The maximum atomic E-state index is 5.72. The van der Waals surface area contributed by atoms with Gasteiger partial charge in [0.25, 0.3) is 0 Å². The summed E-state index contributed by atoms with van der Waals surface area (Å²) in [6.07, 6.45) is 1.75. The van der Waals surface area contributed by atoms with Crippen LogP contribution in [0, 0.1) is 0 Å². The quantitative estimate of drug-likeness (QED) is 0.778. The summed E-state index contributed by atoms with van der Waals surface area (Å²) in [6, 6.07) is 9.83. The summed E-state index contributed by atoms with van der Waals surface area (Å²) < 4.78 is 5.72. The summed E-state index contributed by atoms with van der Waals surface area (Å²) in [7, 11) is 1.86. The Morgan fingerprint density at radius 1 is 1.16 bits per heavy atom. The van der Waals surface area contributed by atoms with E-state index in [1.165, 1.54) is 0 Å². The number of nitrogens with one attached hydrogen (secondary N) is 1. The molecule has 3 rings (SSSR count). The number of hydrogen-bond acceptors (Lipinski definition) is 5. The Morgan fingerprint density at radius 3 is 2.84 bits per heavy atom. The molecule has 0 radical (unpaired) electrons. The molecule has 0 saturated carbocycles. The average Bonchev–Trinajstić information content (AvgIpc) is 2.95. The van der Waals surface area contributed by atoms with Crippen molar-refractivity contribution in [2.24, 2.45) is 0 Å². The molecule has 96 valence electrons. The normalized spacial score (nSPS) is 12.7. The molecule has 1 atom stereocenters. The van der Waals surface area contributed by atoms with Gasteiger partial charge in [-0.1, -0.05) is 18.2 Å². The molecular weight excluding hydrogens is 240 g/mol. The molecule has 0 spiro atoms. The molecule has 0 aliphatic carbocycles. The highest BCUT2D eigenvalue weighted by Gasteiger charge is 2.15. The molecule has 0 saturated heterocycles. The van der Waals surface area contributed by atoms with E-state index in [0.717, 1.165) is 16.5 Å². The van der Waals surface area contributed by atoms with Gasteiger partial charge in [-0.15, -0.1) is 10.2 Å². The van der Waals surface area contributed by atoms with Crippen LogP contribution in [0.2, 0.25) is 0 Å². The maximum Gasteiger partial charge on any atom is 0.248 e. The van der Waals surface area contributed by atoms with E-state index in [1.807, 2.05) is 44.3 Å². The predicted octanol–water partition coefficient (Wildman–Crippen LogP) is 2.57. The molecule has 19 heavy (non-hydrogen) atoms. The standard InChI is InChI=1S/C14H14N4O/c1-9(15-2)13-17-18-14(19-13)11-7-8-16-12-6-4-3-5-10(11)12/h3-9,15H,1-2H3.